The van der Waals surface area contributed by atoms with E-state index in [0.29, 0.717) is 5.02 Å². The lowest BCUT2D eigenvalue weighted by Gasteiger charge is -2.10. The van der Waals surface area contributed by atoms with Gasteiger partial charge in [0.25, 0.3) is 0 Å². The van der Waals surface area contributed by atoms with Crippen LogP contribution in [-0.2, 0) is 14.8 Å². The minimum absolute atomic E-state index is 0.0327. The number of ether oxygens (including phenoxy) is 1. The molecule has 0 saturated carbocycles. The van der Waals surface area contributed by atoms with Crippen molar-refractivity contribution in [3.05, 3.63) is 23.2 Å². The Morgan fingerprint density at radius 3 is 2.74 bits per heavy atom. The monoisotopic (exact) mass is 307 g/mol. The van der Waals surface area contributed by atoms with Crippen LogP contribution in [0.1, 0.15) is 12.8 Å². The fourth-order valence-corrected chi connectivity index (χ4v) is 2.77. The van der Waals surface area contributed by atoms with Crippen LogP contribution in [0.15, 0.2) is 23.1 Å². The topological polar surface area (TPSA) is 92.7 Å². The number of benzene rings is 1. The van der Waals surface area contributed by atoms with E-state index in [1.807, 2.05) is 0 Å². The maximum atomic E-state index is 12.0. The van der Waals surface area contributed by atoms with Gasteiger partial charge >= 0.3 is 5.97 Å². The van der Waals surface area contributed by atoms with Crippen LogP contribution in [0.3, 0.4) is 0 Å². The summed E-state index contributed by atoms with van der Waals surface area (Å²) in [6, 6.07) is 4.17. The summed E-state index contributed by atoms with van der Waals surface area (Å²) < 4.78 is 31.2. The highest BCUT2D eigenvalue weighted by molar-refractivity contribution is 7.89. The number of rotatable bonds is 7. The first-order valence-electron chi connectivity index (χ1n) is 5.42. The lowest BCUT2D eigenvalue weighted by Crippen LogP contribution is -2.25. The zero-order chi connectivity index (χ0) is 14.5. The van der Waals surface area contributed by atoms with Crippen LogP contribution in [0.25, 0.3) is 0 Å². The Bertz CT molecular complexity index is 558. The predicted molar refractivity (Wildman–Crippen MR) is 70.1 cm³/mol. The van der Waals surface area contributed by atoms with Crippen molar-refractivity contribution in [1.82, 2.24) is 4.72 Å². The van der Waals surface area contributed by atoms with Gasteiger partial charge < -0.3 is 9.84 Å². The Balaban J connectivity index is 2.80. The molecule has 0 aliphatic carbocycles. The molecule has 1 aromatic carbocycles. The highest BCUT2D eigenvalue weighted by Gasteiger charge is 2.19. The second kappa shape index (κ2) is 6.74. The summed E-state index contributed by atoms with van der Waals surface area (Å²) in [7, 11) is -2.40. The van der Waals surface area contributed by atoms with Crippen molar-refractivity contribution in [1.29, 1.82) is 0 Å². The van der Waals surface area contributed by atoms with Crippen LogP contribution in [-0.4, -0.2) is 33.1 Å². The summed E-state index contributed by atoms with van der Waals surface area (Å²) >= 11 is 5.75. The third kappa shape index (κ3) is 4.70. The standard InChI is InChI=1S/C11H14ClNO5S/c1-18-9-7-8(12)4-5-10(9)19(16,17)13-6-2-3-11(14)15/h4-5,7,13H,2-3,6H2,1H3,(H,14,15). The summed E-state index contributed by atoms with van der Waals surface area (Å²) in [5.41, 5.74) is 0. The van der Waals surface area contributed by atoms with E-state index in [0.717, 1.165) is 0 Å². The van der Waals surface area contributed by atoms with E-state index in [4.69, 9.17) is 21.4 Å². The van der Waals surface area contributed by atoms with E-state index in [1.54, 1.807) is 0 Å². The van der Waals surface area contributed by atoms with Gasteiger partial charge in [-0.2, -0.15) is 0 Å². The molecule has 0 radical (unpaired) electrons. The molecule has 0 aliphatic heterocycles. The molecular formula is C11H14ClNO5S. The Morgan fingerprint density at radius 1 is 1.47 bits per heavy atom. The molecule has 0 heterocycles. The van der Waals surface area contributed by atoms with Gasteiger partial charge in [0.2, 0.25) is 10.0 Å². The third-order valence-electron chi connectivity index (χ3n) is 2.27. The number of halogens is 1. The number of methoxy groups -OCH3 is 1. The van der Waals surface area contributed by atoms with Gasteiger partial charge in [0.05, 0.1) is 7.11 Å². The second-order valence-corrected chi connectivity index (χ2v) is 5.86. The van der Waals surface area contributed by atoms with E-state index >= 15 is 0 Å². The van der Waals surface area contributed by atoms with Crippen molar-refractivity contribution in [3.8, 4) is 5.75 Å². The number of nitrogens with one attached hydrogen (secondary N) is 1. The Morgan fingerprint density at radius 2 is 2.16 bits per heavy atom. The molecule has 0 aromatic heterocycles. The molecule has 1 rings (SSSR count). The average molecular weight is 308 g/mol. The first kappa shape index (κ1) is 15.7. The van der Waals surface area contributed by atoms with Gasteiger partial charge in [-0.15, -0.1) is 0 Å². The van der Waals surface area contributed by atoms with Gasteiger partial charge in [0, 0.05) is 24.1 Å². The highest BCUT2D eigenvalue weighted by atomic mass is 35.5. The number of sulfonamides is 1. The van der Waals surface area contributed by atoms with Gasteiger partial charge in [-0.05, 0) is 18.6 Å². The lowest BCUT2D eigenvalue weighted by atomic mass is 10.3. The Kier molecular flexibility index (Phi) is 5.59. The van der Waals surface area contributed by atoms with Gasteiger partial charge in [-0.1, -0.05) is 11.6 Å². The molecular weight excluding hydrogens is 294 g/mol. The molecule has 6 nitrogen and oxygen atoms in total. The van der Waals surface area contributed by atoms with Gasteiger partial charge in [0.15, 0.2) is 0 Å². The van der Waals surface area contributed by atoms with Gasteiger partial charge in [0.1, 0.15) is 10.6 Å². The van der Waals surface area contributed by atoms with Crippen molar-refractivity contribution in [3.63, 3.8) is 0 Å². The van der Waals surface area contributed by atoms with Crippen LogP contribution in [0.5, 0.6) is 5.75 Å². The maximum absolute atomic E-state index is 12.0. The lowest BCUT2D eigenvalue weighted by molar-refractivity contribution is -0.137. The molecule has 0 saturated heterocycles. The van der Waals surface area contributed by atoms with Crippen LogP contribution < -0.4 is 9.46 Å². The molecule has 19 heavy (non-hydrogen) atoms. The second-order valence-electron chi connectivity index (χ2n) is 3.69. The minimum Gasteiger partial charge on any atom is -0.495 e. The summed E-state index contributed by atoms with van der Waals surface area (Å²) in [6.45, 7) is 0.0421. The molecule has 0 atom stereocenters. The number of carbonyl (C=O) groups is 1. The number of aliphatic carboxylic acids is 1. The summed E-state index contributed by atoms with van der Waals surface area (Å²) in [5, 5.41) is 8.82. The number of carboxylic acid groups (broad SMARTS) is 1. The van der Waals surface area contributed by atoms with E-state index in [9.17, 15) is 13.2 Å². The van der Waals surface area contributed by atoms with Crippen LogP contribution in [0, 0.1) is 0 Å². The van der Waals surface area contributed by atoms with Crippen molar-refractivity contribution < 1.29 is 23.1 Å². The first-order chi connectivity index (χ1) is 8.86. The van der Waals surface area contributed by atoms with Gasteiger partial charge in [-0.25, -0.2) is 13.1 Å². The SMILES string of the molecule is COc1cc(Cl)ccc1S(=O)(=O)NCCCC(=O)O. The Labute approximate surface area is 116 Å². The predicted octanol–water partition coefficient (Wildman–Crippen LogP) is 1.49. The third-order valence-corrected chi connectivity index (χ3v) is 4.01. The normalized spacial score (nSPS) is 11.3. The number of hydrogen-bond donors (Lipinski definition) is 2. The van der Waals surface area contributed by atoms with E-state index in [1.165, 1.54) is 25.3 Å². The highest BCUT2D eigenvalue weighted by Crippen LogP contribution is 2.26. The van der Waals surface area contributed by atoms with E-state index < -0.39 is 16.0 Å². The van der Waals surface area contributed by atoms with Crippen LogP contribution in [0.4, 0.5) is 0 Å². The molecule has 0 unspecified atom stereocenters. The number of hydrogen-bond acceptors (Lipinski definition) is 4. The quantitative estimate of drug-likeness (QED) is 0.745. The van der Waals surface area contributed by atoms with Crippen molar-refractivity contribution in [2.45, 2.75) is 17.7 Å². The zero-order valence-corrected chi connectivity index (χ0v) is 11.8. The average Bonchev–Trinajstić information content (AvgIpc) is 2.34. The van der Waals surface area contributed by atoms with E-state index in [-0.39, 0.29) is 30.0 Å². The number of carboxylic acids is 1. The van der Waals surface area contributed by atoms with Crippen LogP contribution >= 0.6 is 11.6 Å². The Hall–Kier alpha value is -1.31. The fourth-order valence-electron chi connectivity index (χ4n) is 1.39. The largest absolute Gasteiger partial charge is 0.495 e. The smallest absolute Gasteiger partial charge is 0.303 e. The van der Waals surface area contributed by atoms with E-state index in [2.05, 4.69) is 4.72 Å². The molecule has 106 valence electrons. The first-order valence-corrected chi connectivity index (χ1v) is 7.28. The fraction of sp³-hybridized carbons (Fsp3) is 0.364. The minimum atomic E-state index is -3.74. The maximum Gasteiger partial charge on any atom is 0.303 e. The molecule has 0 bridgehead atoms. The van der Waals surface area contributed by atoms with Gasteiger partial charge in [-0.3, -0.25) is 4.79 Å². The molecule has 0 fully saturated rings. The molecule has 0 aliphatic rings. The zero-order valence-electron chi connectivity index (χ0n) is 10.2. The van der Waals surface area contributed by atoms with Crippen molar-refractivity contribution in [2.75, 3.05) is 13.7 Å². The molecule has 0 amide bonds. The van der Waals surface area contributed by atoms with Crippen molar-refractivity contribution >= 4 is 27.6 Å². The summed E-state index contributed by atoms with van der Waals surface area (Å²) in [5.74, 6) is -0.832. The summed E-state index contributed by atoms with van der Waals surface area (Å²) in [4.78, 5) is 10.3. The van der Waals surface area contributed by atoms with Crippen molar-refractivity contribution in [2.24, 2.45) is 0 Å². The molecule has 1 aromatic rings. The summed E-state index contributed by atoms with van der Waals surface area (Å²) in [6.07, 6.45) is 0.116. The molecule has 0 spiro atoms. The molecule has 8 heteroatoms. The molecule has 2 N–H and O–H groups in total. The van der Waals surface area contributed by atoms with Crippen LogP contribution in [0.2, 0.25) is 5.02 Å².